The van der Waals surface area contributed by atoms with Crippen molar-refractivity contribution in [3.8, 4) is 5.69 Å². The molecule has 0 bridgehead atoms. The van der Waals surface area contributed by atoms with Crippen LogP contribution in [-0.2, 0) is 11.0 Å². The van der Waals surface area contributed by atoms with Gasteiger partial charge in [0.2, 0.25) is 5.91 Å². The fraction of sp³-hybridized carbons (Fsp3) is 0.250. The van der Waals surface area contributed by atoms with Gasteiger partial charge in [-0.2, -0.15) is 13.2 Å². The Morgan fingerprint density at radius 2 is 1.68 bits per heavy atom. The van der Waals surface area contributed by atoms with Crippen LogP contribution in [0.4, 0.5) is 29.3 Å². The van der Waals surface area contributed by atoms with E-state index >= 15 is 0 Å². The Kier molecular flexibility index (Phi) is 7.88. The largest absolute Gasteiger partial charge is 0.416 e. The average Bonchev–Trinajstić information content (AvgIpc) is 3.44. The molecule has 1 atom stereocenters. The van der Waals surface area contributed by atoms with Crippen LogP contribution < -0.4 is 10.2 Å². The number of hydrogen-bond acceptors (Lipinski definition) is 2. The van der Waals surface area contributed by atoms with E-state index in [2.05, 4.69) is 9.88 Å². The number of urea groups is 1. The molecule has 0 saturated heterocycles. The predicted molar refractivity (Wildman–Crippen MR) is 153 cm³/mol. The minimum atomic E-state index is -4.54. The second-order valence-corrected chi connectivity index (χ2v) is 10.2. The smallest absolute Gasteiger partial charge is 0.316 e. The standard InChI is InChI=1S/C32H31F3N4O2/c1-3-4-17-37(31(41)36-25-13-8-12-24(20-25)32(33,34)35)21-29(40)39-27-15-6-5-14-26(27)38-18-9-16-28(38)30(39)23-11-7-10-22(2)19-23/h5-16,18-20,30H,3-4,17,21H2,1-2H3,(H,36,41). The van der Waals surface area contributed by atoms with Crippen LogP contribution in [0, 0.1) is 6.92 Å². The summed E-state index contributed by atoms with van der Waals surface area (Å²) >= 11 is 0. The highest BCUT2D eigenvalue weighted by Crippen LogP contribution is 2.42. The van der Waals surface area contributed by atoms with Gasteiger partial charge in [-0.25, -0.2) is 4.79 Å². The van der Waals surface area contributed by atoms with Crippen molar-refractivity contribution in [1.82, 2.24) is 9.47 Å². The highest BCUT2D eigenvalue weighted by molar-refractivity contribution is 6.01. The van der Waals surface area contributed by atoms with Gasteiger partial charge in [0.1, 0.15) is 12.6 Å². The number of amides is 3. The van der Waals surface area contributed by atoms with Gasteiger partial charge < -0.3 is 14.8 Å². The number of unbranched alkanes of at least 4 members (excludes halogenated alkanes) is 1. The third-order valence-electron chi connectivity index (χ3n) is 7.18. The van der Waals surface area contributed by atoms with Crippen LogP contribution in [-0.4, -0.2) is 34.5 Å². The molecule has 3 amide bonds. The molecule has 2 heterocycles. The van der Waals surface area contributed by atoms with E-state index in [4.69, 9.17) is 0 Å². The van der Waals surface area contributed by atoms with Crippen molar-refractivity contribution in [3.05, 3.63) is 114 Å². The highest BCUT2D eigenvalue weighted by Gasteiger charge is 2.37. The lowest BCUT2D eigenvalue weighted by molar-refractivity contribution is -0.137. The van der Waals surface area contributed by atoms with Crippen LogP contribution >= 0.6 is 0 Å². The van der Waals surface area contributed by atoms with E-state index in [1.807, 2.05) is 80.7 Å². The Morgan fingerprint density at radius 3 is 2.41 bits per heavy atom. The van der Waals surface area contributed by atoms with Gasteiger partial charge in [-0.1, -0.05) is 61.4 Å². The highest BCUT2D eigenvalue weighted by atomic mass is 19.4. The molecule has 1 aliphatic rings. The number of hydrogen-bond donors (Lipinski definition) is 1. The second-order valence-electron chi connectivity index (χ2n) is 10.2. The molecular formula is C32H31F3N4O2. The van der Waals surface area contributed by atoms with Gasteiger partial charge in [0.15, 0.2) is 0 Å². The lowest BCUT2D eigenvalue weighted by atomic mass is 9.96. The maximum Gasteiger partial charge on any atom is 0.416 e. The minimum Gasteiger partial charge on any atom is -0.316 e. The molecule has 6 nitrogen and oxygen atoms in total. The number of nitrogens with zero attached hydrogens (tertiary/aromatic N) is 3. The molecule has 0 aliphatic carbocycles. The first kappa shape index (κ1) is 28.0. The first-order chi connectivity index (χ1) is 19.7. The molecule has 4 aromatic rings. The van der Waals surface area contributed by atoms with Crippen LogP contribution in [0.3, 0.4) is 0 Å². The fourth-order valence-electron chi connectivity index (χ4n) is 5.23. The third kappa shape index (κ3) is 5.84. The maximum absolute atomic E-state index is 14.2. The van der Waals surface area contributed by atoms with Crippen molar-refractivity contribution in [2.75, 3.05) is 23.3 Å². The van der Waals surface area contributed by atoms with Gasteiger partial charge in [-0.3, -0.25) is 9.69 Å². The summed E-state index contributed by atoms with van der Waals surface area (Å²) in [5.41, 5.74) is 3.60. The summed E-state index contributed by atoms with van der Waals surface area (Å²) in [6.07, 6.45) is -1.17. The van der Waals surface area contributed by atoms with Crippen molar-refractivity contribution in [1.29, 1.82) is 0 Å². The summed E-state index contributed by atoms with van der Waals surface area (Å²) in [4.78, 5) is 30.7. The monoisotopic (exact) mass is 560 g/mol. The lowest BCUT2D eigenvalue weighted by Crippen LogP contribution is -2.48. The molecule has 3 aromatic carbocycles. The fourth-order valence-corrected chi connectivity index (χ4v) is 5.23. The van der Waals surface area contributed by atoms with Crippen LogP contribution in [0.2, 0.25) is 0 Å². The topological polar surface area (TPSA) is 57.6 Å². The first-order valence-corrected chi connectivity index (χ1v) is 13.6. The SMILES string of the molecule is CCCCN(CC(=O)N1c2ccccc2-n2cccc2C1c1cccc(C)c1)C(=O)Nc1cccc(C(F)(F)F)c1. The molecule has 41 heavy (non-hydrogen) atoms. The summed E-state index contributed by atoms with van der Waals surface area (Å²) in [6, 6.07) is 22.9. The van der Waals surface area contributed by atoms with E-state index in [1.165, 1.54) is 17.0 Å². The van der Waals surface area contributed by atoms with E-state index < -0.39 is 23.8 Å². The zero-order chi connectivity index (χ0) is 29.1. The van der Waals surface area contributed by atoms with Gasteiger partial charge in [0.25, 0.3) is 0 Å². The molecular weight excluding hydrogens is 529 g/mol. The number of carbonyl (C=O) groups is 2. The molecule has 5 rings (SSSR count). The molecule has 0 radical (unpaired) electrons. The number of aryl methyl sites for hydroxylation is 1. The van der Waals surface area contributed by atoms with Gasteiger partial charge >= 0.3 is 12.2 Å². The zero-order valence-electron chi connectivity index (χ0n) is 22.9. The minimum absolute atomic E-state index is 0.0116. The van der Waals surface area contributed by atoms with E-state index in [-0.39, 0.29) is 24.7 Å². The number of benzene rings is 3. The van der Waals surface area contributed by atoms with E-state index in [0.717, 1.165) is 41.1 Å². The number of aromatic nitrogens is 1. The molecule has 1 N–H and O–H groups in total. The van der Waals surface area contributed by atoms with E-state index in [1.54, 1.807) is 4.90 Å². The Hall–Kier alpha value is -4.53. The van der Waals surface area contributed by atoms with Crippen molar-refractivity contribution >= 4 is 23.3 Å². The Labute approximate surface area is 237 Å². The van der Waals surface area contributed by atoms with E-state index in [0.29, 0.717) is 12.1 Å². The number of rotatable bonds is 7. The van der Waals surface area contributed by atoms with Crippen LogP contribution in [0.5, 0.6) is 0 Å². The molecule has 0 saturated carbocycles. The Bertz CT molecular complexity index is 1560. The van der Waals surface area contributed by atoms with Gasteiger partial charge in [-0.05, 0) is 61.4 Å². The molecule has 1 aliphatic heterocycles. The maximum atomic E-state index is 14.2. The van der Waals surface area contributed by atoms with Crippen molar-refractivity contribution in [2.24, 2.45) is 0 Å². The first-order valence-electron chi connectivity index (χ1n) is 13.6. The van der Waals surface area contributed by atoms with Crippen LogP contribution in [0.15, 0.2) is 91.1 Å². The number of nitrogens with one attached hydrogen (secondary N) is 1. The van der Waals surface area contributed by atoms with E-state index in [9.17, 15) is 22.8 Å². The summed E-state index contributed by atoms with van der Waals surface area (Å²) < 4.78 is 41.8. The lowest BCUT2D eigenvalue weighted by Gasteiger charge is -2.39. The summed E-state index contributed by atoms with van der Waals surface area (Å²) in [5.74, 6) is -0.299. The number of carbonyl (C=O) groups excluding carboxylic acids is 2. The second kappa shape index (κ2) is 11.5. The summed E-state index contributed by atoms with van der Waals surface area (Å²) in [6.45, 7) is 3.99. The van der Waals surface area contributed by atoms with Gasteiger partial charge in [0.05, 0.1) is 22.6 Å². The molecule has 0 spiro atoms. The van der Waals surface area contributed by atoms with Gasteiger partial charge in [0, 0.05) is 18.4 Å². The summed E-state index contributed by atoms with van der Waals surface area (Å²) in [7, 11) is 0. The van der Waals surface area contributed by atoms with Gasteiger partial charge in [-0.15, -0.1) is 0 Å². The average molecular weight is 561 g/mol. The normalized spacial score (nSPS) is 14.3. The third-order valence-corrected chi connectivity index (χ3v) is 7.18. The molecule has 0 fully saturated rings. The van der Waals surface area contributed by atoms with Crippen molar-refractivity contribution in [3.63, 3.8) is 0 Å². The number of fused-ring (bicyclic) bond motifs is 3. The molecule has 1 aromatic heterocycles. The van der Waals surface area contributed by atoms with Crippen LogP contribution in [0.25, 0.3) is 5.69 Å². The summed E-state index contributed by atoms with van der Waals surface area (Å²) in [5, 5.41) is 2.56. The zero-order valence-corrected chi connectivity index (χ0v) is 22.9. The van der Waals surface area contributed by atoms with Crippen molar-refractivity contribution in [2.45, 2.75) is 38.9 Å². The number of anilines is 2. The predicted octanol–water partition coefficient (Wildman–Crippen LogP) is 7.57. The quantitative estimate of drug-likeness (QED) is 0.253. The molecule has 1 unspecified atom stereocenters. The molecule has 9 heteroatoms. The number of halogens is 3. The Morgan fingerprint density at radius 1 is 0.927 bits per heavy atom. The molecule has 212 valence electrons. The Balaban J connectivity index is 1.48. The van der Waals surface area contributed by atoms with Crippen molar-refractivity contribution < 1.29 is 22.8 Å². The number of para-hydroxylation sites is 2. The number of alkyl halides is 3. The van der Waals surface area contributed by atoms with Crippen LogP contribution in [0.1, 0.15) is 48.2 Å².